The maximum absolute atomic E-state index is 8.98. The van der Waals surface area contributed by atoms with E-state index in [2.05, 4.69) is 11.3 Å². The van der Waals surface area contributed by atoms with Crippen LogP contribution in [0.15, 0.2) is 12.0 Å². The van der Waals surface area contributed by atoms with Crippen LogP contribution >= 0.6 is 10.8 Å². The van der Waals surface area contributed by atoms with Crippen molar-refractivity contribution in [3.8, 4) is 0 Å². The molecule has 0 aliphatic carbocycles. The number of hydrogen-bond acceptors (Lipinski definition) is 3. The number of rotatable bonds is 4. The highest BCUT2D eigenvalue weighted by Gasteiger charge is 2.04. The maximum Gasteiger partial charge on any atom is 0.0316 e. The molecule has 0 aliphatic heterocycles. The Bertz CT molecular complexity index is 114. The van der Waals surface area contributed by atoms with Gasteiger partial charge in [0.25, 0.3) is 0 Å². The lowest BCUT2D eigenvalue weighted by Crippen LogP contribution is -2.22. The molecular formula is C6H15NO2S. The SMILES string of the molecule is C=CS(O)(O)NCC(C)C. The Morgan fingerprint density at radius 1 is 1.60 bits per heavy atom. The van der Waals surface area contributed by atoms with E-state index in [1.165, 1.54) is 0 Å². The second-order valence-electron chi connectivity index (χ2n) is 2.50. The fourth-order valence-electron chi connectivity index (χ4n) is 0.348. The van der Waals surface area contributed by atoms with Gasteiger partial charge < -0.3 is 0 Å². The molecule has 4 heteroatoms. The monoisotopic (exact) mass is 165 g/mol. The van der Waals surface area contributed by atoms with Crippen LogP contribution in [0.2, 0.25) is 0 Å². The smallest absolute Gasteiger partial charge is 0.0316 e. The Balaban J connectivity index is 3.56. The Hall–Kier alpha value is -0.0300. The van der Waals surface area contributed by atoms with Crippen molar-refractivity contribution in [3.63, 3.8) is 0 Å². The van der Waals surface area contributed by atoms with E-state index in [9.17, 15) is 0 Å². The fraction of sp³-hybridized carbons (Fsp3) is 0.667. The van der Waals surface area contributed by atoms with Crippen molar-refractivity contribution in [2.24, 2.45) is 5.92 Å². The normalized spacial score (nSPS) is 13.7. The quantitative estimate of drug-likeness (QED) is 0.597. The van der Waals surface area contributed by atoms with E-state index in [0.29, 0.717) is 12.5 Å². The van der Waals surface area contributed by atoms with E-state index < -0.39 is 10.8 Å². The molecule has 0 radical (unpaired) electrons. The van der Waals surface area contributed by atoms with Gasteiger partial charge >= 0.3 is 0 Å². The number of hydrogen-bond donors (Lipinski definition) is 3. The minimum Gasteiger partial charge on any atom is -0.282 e. The van der Waals surface area contributed by atoms with Crippen molar-refractivity contribution in [2.75, 3.05) is 6.54 Å². The molecule has 0 unspecified atom stereocenters. The molecule has 3 N–H and O–H groups in total. The molecular weight excluding hydrogens is 150 g/mol. The van der Waals surface area contributed by atoms with E-state index >= 15 is 0 Å². The summed E-state index contributed by atoms with van der Waals surface area (Å²) in [5.41, 5.74) is 0. The van der Waals surface area contributed by atoms with Crippen molar-refractivity contribution in [1.29, 1.82) is 0 Å². The Labute approximate surface area is 63.6 Å². The molecule has 0 aromatic heterocycles. The van der Waals surface area contributed by atoms with E-state index in [1.807, 2.05) is 13.8 Å². The van der Waals surface area contributed by atoms with Gasteiger partial charge in [0.05, 0.1) is 0 Å². The zero-order valence-electron chi connectivity index (χ0n) is 6.37. The lowest BCUT2D eigenvalue weighted by atomic mass is 10.2. The molecule has 0 aromatic rings. The summed E-state index contributed by atoms with van der Waals surface area (Å²) in [6, 6.07) is 0. The highest BCUT2D eigenvalue weighted by molar-refractivity contribution is 8.25. The molecule has 0 bridgehead atoms. The van der Waals surface area contributed by atoms with Crippen LogP contribution in [0.1, 0.15) is 13.8 Å². The van der Waals surface area contributed by atoms with Gasteiger partial charge in [0.2, 0.25) is 0 Å². The Kier molecular flexibility index (Phi) is 3.96. The van der Waals surface area contributed by atoms with Crippen LogP contribution in [0.3, 0.4) is 0 Å². The summed E-state index contributed by atoms with van der Waals surface area (Å²) in [5.74, 6) is 0.408. The average Bonchev–Trinajstić information content (AvgIpc) is 1.85. The largest absolute Gasteiger partial charge is 0.282 e. The fourth-order valence-corrected chi connectivity index (χ4v) is 1.04. The van der Waals surface area contributed by atoms with Crippen LogP contribution in [0.4, 0.5) is 0 Å². The van der Waals surface area contributed by atoms with Gasteiger partial charge in [0.15, 0.2) is 0 Å². The third-order valence-corrected chi connectivity index (χ3v) is 1.99. The molecule has 0 fully saturated rings. The highest BCUT2D eigenvalue weighted by Crippen LogP contribution is 2.33. The first-order valence-electron chi connectivity index (χ1n) is 3.13. The van der Waals surface area contributed by atoms with Crippen LogP contribution < -0.4 is 4.72 Å². The van der Waals surface area contributed by atoms with Crippen molar-refractivity contribution in [3.05, 3.63) is 12.0 Å². The highest BCUT2D eigenvalue weighted by atomic mass is 32.3. The van der Waals surface area contributed by atoms with Gasteiger partial charge in [-0.05, 0) is 5.92 Å². The van der Waals surface area contributed by atoms with E-state index in [4.69, 9.17) is 9.11 Å². The van der Waals surface area contributed by atoms with Crippen LogP contribution in [-0.2, 0) is 0 Å². The first-order chi connectivity index (χ1) is 4.48. The Morgan fingerprint density at radius 3 is 2.40 bits per heavy atom. The summed E-state index contributed by atoms with van der Waals surface area (Å²) in [6.45, 7) is 7.86. The summed E-state index contributed by atoms with van der Waals surface area (Å²) >= 11 is 0. The third-order valence-electron chi connectivity index (χ3n) is 0.936. The van der Waals surface area contributed by atoms with Gasteiger partial charge in [-0.25, -0.2) is 4.72 Å². The van der Waals surface area contributed by atoms with Crippen molar-refractivity contribution >= 4 is 10.8 Å². The zero-order chi connectivity index (χ0) is 8.20. The molecule has 0 amide bonds. The van der Waals surface area contributed by atoms with Crippen LogP contribution in [0.25, 0.3) is 0 Å². The predicted octanol–water partition coefficient (Wildman–Crippen LogP) is 2.04. The summed E-state index contributed by atoms with van der Waals surface area (Å²) in [6.07, 6.45) is 0. The van der Waals surface area contributed by atoms with Crippen molar-refractivity contribution in [1.82, 2.24) is 4.72 Å². The van der Waals surface area contributed by atoms with Crippen LogP contribution in [0, 0.1) is 5.92 Å². The topological polar surface area (TPSA) is 52.5 Å². The first kappa shape index (κ1) is 9.97. The lowest BCUT2D eigenvalue weighted by Gasteiger charge is -2.29. The summed E-state index contributed by atoms with van der Waals surface area (Å²) in [4.78, 5) is 0. The second-order valence-corrected chi connectivity index (χ2v) is 4.31. The van der Waals surface area contributed by atoms with Crippen molar-refractivity contribution < 1.29 is 9.11 Å². The Morgan fingerprint density at radius 2 is 2.10 bits per heavy atom. The molecule has 0 aromatic carbocycles. The van der Waals surface area contributed by atoms with Gasteiger partial charge in [-0.1, -0.05) is 20.4 Å². The number of nitrogens with one attached hydrogen (secondary N) is 1. The summed E-state index contributed by atoms with van der Waals surface area (Å²) in [5, 5.41) is 1.13. The van der Waals surface area contributed by atoms with Gasteiger partial charge in [0.1, 0.15) is 0 Å². The molecule has 0 saturated heterocycles. The zero-order valence-corrected chi connectivity index (χ0v) is 7.19. The van der Waals surface area contributed by atoms with Gasteiger partial charge in [-0.15, -0.1) is 10.8 Å². The van der Waals surface area contributed by atoms with Gasteiger partial charge in [0, 0.05) is 12.0 Å². The van der Waals surface area contributed by atoms with E-state index in [-0.39, 0.29) is 0 Å². The molecule has 0 rings (SSSR count). The molecule has 3 nitrogen and oxygen atoms in total. The average molecular weight is 165 g/mol. The van der Waals surface area contributed by atoms with Gasteiger partial charge in [-0.2, -0.15) is 0 Å². The molecule has 0 atom stereocenters. The second kappa shape index (κ2) is 3.98. The molecule has 0 saturated carbocycles. The first-order valence-corrected chi connectivity index (χ1v) is 4.74. The van der Waals surface area contributed by atoms with Crippen LogP contribution in [-0.4, -0.2) is 15.7 Å². The van der Waals surface area contributed by atoms with E-state index in [0.717, 1.165) is 5.41 Å². The minimum absolute atomic E-state index is 0.408. The minimum atomic E-state index is -2.70. The van der Waals surface area contributed by atoms with Crippen molar-refractivity contribution in [2.45, 2.75) is 13.8 Å². The third kappa shape index (κ3) is 4.81. The van der Waals surface area contributed by atoms with Gasteiger partial charge in [-0.3, -0.25) is 9.11 Å². The summed E-state index contributed by atoms with van der Waals surface area (Å²) in [7, 11) is -2.70. The molecule has 0 heterocycles. The van der Waals surface area contributed by atoms with Crippen LogP contribution in [0.5, 0.6) is 0 Å². The molecule has 0 spiro atoms. The molecule has 0 aliphatic rings. The predicted molar refractivity (Wildman–Crippen MR) is 45.9 cm³/mol. The molecule has 10 heavy (non-hydrogen) atoms. The molecule has 62 valence electrons. The maximum atomic E-state index is 8.98. The lowest BCUT2D eigenvalue weighted by molar-refractivity contribution is 0.472. The summed E-state index contributed by atoms with van der Waals surface area (Å²) < 4.78 is 20.5. The standard InChI is InChI=1S/C6H15NO2S/c1-4-10(8,9)7-5-6(2)3/h4,6-9H,1,5H2,2-3H3. The van der Waals surface area contributed by atoms with E-state index in [1.54, 1.807) is 0 Å².